The van der Waals surface area contributed by atoms with Gasteiger partial charge in [0, 0.05) is 37.7 Å². The summed E-state index contributed by atoms with van der Waals surface area (Å²) in [5.74, 6) is -0.0593. The van der Waals surface area contributed by atoms with Crippen molar-refractivity contribution < 1.29 is 23.6 Å². The minimum absolute atomic E-state index is 0.0240. The predicted octanol–water partition coefficient (Wildman–Crippen LogP) is 2.34. The van der Waals surface area contributed by atoms with Gasteiger partial charge in [-0.25, -0.2) is 0 Å². The average Bonchev–Trinajstić information content (AvgIpc) is 3.40. The number of hydrogen-bond donors (Lipinski definition) is 2. The van der Waals surface area contributed by atoms with E-state index in [4.69, 9.17) is 9.26 Å². The number of carbonyl (C=O) groups excluding carboxylic acids is 3. The third kappa shape index (κ3) is 6.92. The highest BCUT2D eigenvalue weighted by atomic mass is 16.5. The summed E-state index contributed by atoms with van der Waals surface area (Å²) >= 11 is 0. The van der Waals surface area contributed by atoms with Gasteiger partial charge >= 0.3 is 0 Å². The molecule has 2 heterocycles. The lowest BCUT2D eigenvalue weighted by Crippen LogP contribution is -2.43. The molecule has 1 aliphatic heterocycles. The second kappa shape index (κ2) is 10.7. The maximum absolute atomic E-state index is 12.9. The number of carbonyl (C=O) groups is 3. The van der Waals surface area contributed by atoms with E-state index in [1.165, 1.54) is 4.90 Å². The van der Waals surface area contributed by atoms with Gasteiger partial charge in [-0.3, -0.25) is 14.4 Å². The van der Waals surface area contributed by atoms with Crippen molar-refractivity contribution in [1.29, 1.82) is 0 Å². The highest BCUT2D eigenvalue weighted by molar-refractivity contribution is 6.01. The molecule has 0 aliphatic carbocycles. The number of ether oxygens (including phenoxy) is 1. The fourth-order valence-electron chi connectivity index (χ4n) is 3.34. The summed E-state index contributed by atoms with van der Waals surface area (Å²) in [5.41, 5.74) is 1.58. The van der Waals surface area contributed by atoms with Crippen LogP contribution in [0.4, 0.5) is 11.5 Å². The molecule has 1 aromatic heterocycles. The molecule has 1 fully saturated rings. The van der Waals surface area contributed by atoms with Gasteiger partial charge in [0.1, 0.15) is 12.3 Å². The Labute approximate surface area is 181 Å². The zero-order valence-electron chi connectivity index (χ0n) is 17.8. The van der Waals surface area contributed by atoms with Gasteiger partial charge in [0.15, 0.2) is 5.82 Å². The molecular formula is C22H28N4O5. The number of amides is 3. The molecule has 0 radical (unpaired) electrons. The molecule has 1 aliphatic rings. The third-order valence-corrected chi connectivity index (χ3v) is 4.93. The van der Waals surface area contributed by atoms with Crippen molar-refractivity contribution in [3.8, 4) is 0 Å². The van der Waals surface area contributed by atoms with Gasteiger partial charge < -0.3 is 24.8 Å². The van der Waals surface area contributed by atoms with Crippen LogP contribution in [0.1, 0.15) is 37.0 Å². The Morgan fingerprint density at radius 3 is 2.68 bits per heavy atom. The third-order valence-electron chi connectivity index (χ3n) is 4.93. The molecule has 0 bridgehead atoms. The van der Waals surface area contributed by atoms with Gasteiger partial charge in [0.25, 0.3) is 0 Å². The summed E-state index contributed by atoms with van der Waals surface area (Å²) in [6, 6.07) is 8.95. The number of anilines is 2. The lowest BCUT2D eigenvalue weighted by atomic mass is 10.2. The Balaban J connectivity index is 1.58. The fraction of sp³-hybridized carbons (Fsp3) is 0.455. The van der Waals surface area contributed by atoms with Crippen molar-refractivity contribution >= 4 is 29.2 Å². The predicted molar refractivity (Wildman–Crippen MR) is 115 cm³/mol. The minimum Gasteiger partial charge on any atom is -0.376 e. The van der Waals surface area contributed by atoms with Gasteiger partial charge in [-0.1, -0.05) is 17.3 Å². The lowest BCUT2D eigenvalue weighted by Gasteiger charge is -2.23. The van der Waals surface area contributed by atoms with Crippen LogP contribution in [-0.2, 0) is 19.1 Å². The van der Waals surface area contributed by atoms with E-state index in [1.807, 2.05) is 25.1 Å². The molecule has 2 aromatic rings. The molecule has 1 saturated heterocycles. The molecule has 3 rings (SSSR count). The van der Waals surface area contributed by atoms with Crippen molar-refractivity contribution in [2.75, 3.05) is 29.9 Å². The summed E-state index contributed by atoms with van der Waals surface area (Å²) < 4.78 is 10.4. The van der Waals surface area contributed by atoms with Crippen LogP contribution in [0.25, 0.3) is 0 Å². The van der Waals surface area contributed by atoms with Crippen LogP contribution >= 0.6 is 0 Å². The fourth-order valence-corrected chi connectivity index (χ4v) is 3.34. The maximum atomic E-state index is 12.9. The molecule has 31 heavy (non-hydrogen) atoms. The molecule has 9 heteroatoms. The molecule has 1 atom stereocenters. The van der Waals surface area contributed by atoms with E-state index in [-0.39, 0.29) is 43.2 Å². The number of hydrogen-bond acceptors (Lipinski definition) is 6. The first kappa shape index (κ1) is 22.5. The first-order valence-corrected chi connectivity index (χ1v) is 10.4. The topological polar surface area (TPSA) is 114 Å². The molecule has 0 saturated carbocycles. The van der Waals surface area contributed by atoms with Crippen LogP contribution in [0.15, 0.2) is 34.9 Å². The second-order valence-electron chi connectivity index (χ2n) is 7.63. The van der Waals surface area contributed by atoms with Crippen LogP contribution in [0.5, 0.6) is 0 Å². The van der Waals surface area contributed by atoms with Crippen LogP contribution < -0.4 is 15.5 Å². The largest absolute Gasteiger partial charge is 0.376 e. The van der Waals surface area contributed by atoms with Crippen molar-refractivity contribution in [2.24, 2.45) is 0 Å². The zero-order chi connectivity index (χ0) is 22.2. The summed E-state index contributed by atoms with van der Waals surface area (Å²) in [6.07, 6.45) is 1.85. The molecule has 0 spiro atoms. The summed E-state index contributed by atoms with van der Waals surface area (Å²) in [7, 11) is 0. The Kier molecular flexibility index (Phi) is 7.77. The van der Waals surface area contributed by atoms with Crippen LogP contribution in [-0.4, -0.2) is 48.7 Å². The molecule has 9 nitrogen and oxygen atoms in total. The number of aryl methyl sites for hydroxylation is 2. The quantitative estimate of drug-likeness (QED) is 0.634. The van der Waals surface area contributed by atoms with Gasteiger partial charge in [-0.05, 0) is 44.4 Å². The van der Waals surface area contributed by atoms with Gasteiger partial charge in [-0.2, -0.15) is 0 Å². The van der Waals surface area contributed by atoms with Crippen molar-refractivity contribution in [1.82, 2.24) is 10.5 Å². The summed E-state index contributed by atoms with van der Waals surface area (Å²) in [5, 5.41) is 9.13. The van der Waals surface area contributed by atoms with Crippen LogP contribution in [0.3, 0.4) is 0 Å². The first-order valence-electron chi connectivity index (χ1n) is 10.4. The minimum atomic E-state index is -0.353. The Hall–Kier alpha value is -3.20. The van der Waals surface area contributed by atoms with E-state index >= 15 is 0 Å². The standard InChI is InChI=1S/C22H28N4O5/c1-15-5-3-6-17(11-15)26(14-21(28)23-13-18-7-4-10-30-18)22(29)9-8-20(27)24-19-12-16(2)31-25-19/h3,5-6,11-12,18H,4,7-10,13-14H2,1-2H3,(H,23,28)(H,24,25,27)/t18-/m1/s1. The molecule has 2 N–H and O–H groups in total. The lowest BCUT2D eigenvalue weighted by molar-refractivity contribution is -0.125. The van der Waals surface area contributed by atoms with E-state index in [1.54, 1.807) is 19.1 Å². The molecule has 1 aromatic carbocycles. The summed E-state index contributed by atoms with van der Waals surface area (Å²) in [6.45, 7) is 4.64. The Morgan fingerprint density at radius 1 is 1.16 bits per heavy atom. The Morgan fingerprint density at radius 2 is 2.00 bits per heavy atom. The molecule has 166 valence electrons. The maximum Gasteiger partial charge on any atom is 0.240 e. The van der Waals surface area contributed by atoms with E-state index < -0.39 is 0 Å². The molecule has 3 amide bonds. The monoisotopic (exact) mass is 428 g/mol. The average molecular weight is 428 g/mol. The highest BCUT2D eigenvalue weighted by Crippen LogP contribution is 2.18. The first-order chi connectivity index (χ1) is 14.9. The summed E-state index contributed by atoms with van der Waals surface area (Å²) in [4.78, 5) is 39.0. The smallest absolute Gasteiger partial charge is 0.240 e. The van der Waals surface area contributed by atoms with E-state index in [0.717, 1.165) is 18.4 Å². The van der Waals surface area contributed by atoms with Crippen LogP contribution in [0, 0.1) is 13.8 Å². The number of benzene rings is 1. The van der Waals surface area contributed by atoms with E-state index in [0.29, 0.717) is 30.4 Å². The van der Waals surface area contributed by atoms with Crippen LogP contribution in [0.2, 0.25) is 0 Å². The number of nitrogens with zero attached hydrogens (tertiary/aromatic N) is 2. The van der Waals surface area contributed by atoms with E-state index in [2.05, 4.69) is 15.8 Å². The normalized spacial score (nSPS) is 15.5. The van der Waals surface area contributed by atoms with Crippen molar-refractivity contribution in [2.45, 2.75) is 45.6 Å². The van der Waals surface area contributed by atoms with Crippen molar-refractivity contribution in [3.63, 3.8) is 0 Å². The number of rotatable bonds is 9. The SMILES string of the molecule is Cc1cccc(N(CC(=O)NC[C@H]2CCCO2)C(=O)CCC(=O)Nc2cc(C)on2)c1. The van der Waals surface area contributed by atoms with E-state index in [9.17, 15) is 14.4 Å². The Bertz CT molecular complexity index is 920. The number of aromatic nitrogens is 1. The molecule has 0 unspecified atom stereocenters. The second-order valence-corrected chi connectivity index (χ2v) is 7.63. The van der Waals surface area contributed by atoms with Gasteiger partial charge in [0.2, 0.25) is 17.7 Å². The van der Waals surface area contributed by atoms with Gasteiger partial charge in [0.05, 0.1) is 6.10 Å². The van der Waals surface area contributed by atoms with Crippen molar-refractivity contribution in [3.05, 3.63) is 41.7 Å². The number of nitrogens with one attached hydrogen (secondary N) is 2. The highest BCUT2D eigenvalue weighted by Gasteiger charge is 2.22. The zero-order valence-corrected chi connectivity index (χ0v) is 17.8. The van der Waals surface area contributed by atoms with Gasteiger partial charge in [-0.15, -0.1) is 0 Å². The molecular weight excluding hydrogens is 400 g/mol.